The molecule has 0 aliphatic rings. The number of nitrogens with zero attached hydrogens (tertiary/aromatic N) is 2. The maximum Gasteiger partial charge on any atom is 0.256 e. The number of rotatable bonds is 6. The van der Waals surface area contributed by atoms with Crippen LogP contribution in [-0.2, 0) is 0 Å². The molecule has 0 atom stereocenters. The molecule has 0 saturated carbocycles. The van der Waals surface area contributed by atoms with Gasteiger partial charge in [-0.05, 0) is 41.5 Å². The van der Waals surface area contributed by atoms with Crippen molar-refractivity contribution in [3.8, 4) is 17.0 Å². The van der Waals surface area contributed by atoms with Gasteiger partial charge in [0.25, 0.3) is 5.91 Å². The molecule has 0 saturated heterocycles. The number of carbonyl (C=O) groups excluding carboxylic acids is 1. The number of benzene rings is 2. The average molecular weight is 335 g/mol. The normalized spacial score (nSPS) is 10.3. The molecule has 126 valence electrons. The van der Waals surface area contributed by atoms with Crippen molar-refractivity contribution < 1.29 is 14.2 Å². The van der Waals surface area contributed by atoms with E-state index in [1.165, 1.54) is 0 Å². The van der Waals surface area contributed by atoms with Crippen LogP contribution in [0.2, 0.25) is 0 Å². The van der Waals surface area contributed by atoms with Crippen molar-refractivity contribution in [1.29, 1.82) is 0 Å². The summed E-state index contributed by atoms with van der Waals surface area (Å²) in [5.41, 5.74) is 2.91. The molecule has 2 aromatic carbocycles. The molecule has 3 aromatic rings. The van der Waals surface area contributed by atoms with Crippen molar-refractivity contribution in [1.82, 2.24) is 10.3 Å². The molecule has 0 fully saturated rings. The van der Waals surface area contributed by atoms with Gasteiger partial charge in [0.05, 0.1) is 0 Å². The molecule has 1 N–H and O–H groups in total. The maximum absolute atomic E-state index is 12.4. The van der Waals surface area contributed by atoms with E-state index in [1.54, 1.807) is 30.3 Å². The summed E-state index contributed by atoms with van der Waals surface area (Å²) >= 11 is 0. The summed E-state index contributed by atoms with van der Waals surface area (Å²) in [6, 6.07) is 14.5. The van der Waals surface area contributed by atoms with Gasteiger partial charge in [-0.3, -0.25) is 4.79 Å². The van der Waals surface area contributed by atoms with Crippen LogP contribution < -0.4 is 10.1 Å². The lowest BCUT2D eigenvalue weighted by Gasteiger charge is -2.06. The first-order valence-corrected chi connectivity index (χ1v) is 7.72. The standard InChI is InChI=1S/C19H17N3O3/c1-3-12-24-16-10-8-15(9-11-16)19(23)20-18-17(21-25-22-18)14-6-4-13(2)5-7-14/h3-11H,1,12H2,2H3,(H,20,22,23). The first-order valence-electron chi connectivity index (χ1n) is 7.72. The number of aryl methyl sites for hydroxylation is 1. The van der Waals surface area contributed by atoms with Gasteiger partial charge in [0.15, 0.2) is 5.69 Å². The van der Waals surface area contributed by atoms with E-state index in [2.05, 4.69) is 22.2 Å². The number of nitrogens with one attached hydrogen (secondary N) is 1. The van der Waals surface area contributed by atoms with Crippen molar-refractivity contribution in [2.45, 2.75) is 6.92 Å². The largest absolute Gasteiger partial charge is 0.490 e. The van der Waals surface area contributed by atoms with E-state index in [0.717, 1.165) is 11.1 Å². The van der Waals surface area contributed by atoms with Gasteiger partial charge in [0.2, 0.25) is 5.82 Å². The van der Waals surface area contributed by atoms with E-state index in [1.807, 2.05) is 31.2 Å². The molecule has 1 amide bonds. The third-order valence-corrected chi connectivity index (χ3v) is 3.53. The van der Waals surface area contributed by atoms with Gasteiger partial charge >= 0.3 is 0 Å². The van der Waals surface area contributed by atoms with Crippen LogP contribution in [-0.4, -0.2) is 22.8 Å². The van der Waals surface area contributed by atoms with Gasteiger partial charge < -0.3 is 10.1 Å². The van der Waals surface area contributed by atoms with Crippen LogP contribution in [0.4, 0.5) is 5.82 Å². The topological polar surface area (TPSA) is 77.2 Å². The lowest BCUT2D eigenvalue weighted by molar-refractivity contribution is 0.102. The molecule has 6 heteroatoms. The van der Waals surface area contributed by atoms with E-state index in [0.29, 0.717) is 23.6 Å². The number of amides is 1. The average Bonchev–Trinajstić information content (AvgIpc) is 3.09. The Morgan fingerprint density at radius 3 is 2.56 bits per heavy atom. The van der Waals surface area contributed by atoms with E-state index < -0.39 is 0 Å². The Bertz CT molecular complexity index is 868. The van der Waals surface area contributed by atoms with Crippen molar-refractivity contribution in [3.05, 3.63) is 72.3 Å². The van der Waals surface area contributed by atoms with Crippen LogP contribution in [0.15, 0.2) is 65.8 Å². The summed E-state index contributed by atoms with van der Waals surface area (Å²) in [5.74, 6) is 0.639. The third kappa shape index (κ3) is 3.92. The van der Waals surface area contributed by atoms with E-state index in [9.17, 15) is 4.79 Å². The van der Waals surface area contributed by atoms with Crippen LogP contribution >= 0.6 is 0 Å². The van der Waals surface area contributed by atoms with E-state index >= 15 is 0 Å². The highest BCUT2D eigenvalue weighted by molar-refractivity contribution is 6.05. The number of anilines is 1. The highest BCUT2D eigenvalue weighted by Gasteiger charge is 2.16. The second kappa shape index (κ2) is 7.44. The molecule has 3 rings (SSSR count). The zero-order valence-corrected chi connectivity index (χ0v) is 13.7. The Morgan fingerprint density at radius 2 is 1.88 bits per heavy atom. The van der Waals surface area contributed by atoms with Gasteiger partial charge in [0.1, 0.15) is 12.4 Å². The second-order valence-corrected chi connectivity index (χ2v) is 5.41. The van der Waals surface area contributed by atoms with Gasteiger partial charge in [-0.1, -0.05) is 42.5 Å². The van der Waals surface area contributed by atoms with Crippen LogP contribution in [0, 0.1) is 6.92 Å². The van der Waals surface area contributed by atoms with Crippen molar-refractivity contribution in [2.24, 2.45) is 0 Å². The summed E-state index contributed by atoms with van der Waals surface area (Å²) in [4.78, 5) is 12.4. The molecule has 0 aliphatic heterocycles. The summed E-state index contributed by atoms with van der Waals surface area (Å²) in [6.07, 6.45) is 1.66. The highest BCUT2D eigenvalue weighted by Crippen LogP contribution is 2.25. The number of hydrogen-bond acceptors (Lipinski definition) is 5. The molecule has 0 bridgehead atoms. The molecule has 6 nitrogen and oxygen atoms in total. The minimum Gasteiger partial charge on any atom is -0.490 e. The molecule has 0 unspecified atom stereocenters. The molecule has 0 aliphatic carbocycles. The Morgan fingerprint density at radius 1 is 1.16 bits per heavy atom. The predicted molar refractivity (Wildman–Crippen MR) is 94.6 cm³/mol. The SMILES string of the molecule is C=CCOc1ccc(C(=O)Nc2nonc2-c2ccc(C)cc2)cc1. The summed E-state index contributed by atoms with van der Waals surface area (Å²) in [6.45, 7) is 6.00. The van der Waals surface area contributed by atoms with Gasteiger partial charge in [-0.2, -0.15) is 0 Å². The van der Waals surface area contributed by atoms with E-state index in [-0.39, 0.29) is 11.7 Å². The van der Waals surface area contributed by atoms with Crippen LogP contribution in [0.3, 0.4) is 0 Å². The fourth-order valence-corrected chi connectivity index (χ4v) is 2.21. The maximum atomic E-state index is 12.4. The molecule has 25 heavy (non-hydrogen) atoms. The molecule has 0 radical (unpaired) electrons. The van der Waals surface area contributed by atoms with Gasteiger partial charge in [0, 0.05) is 11.1 Å². The fourth-order valence-electron chi connectivity index (χ4n) is 2.21. The number of ether oxygens (including phenoxy) is 1. The minimum absolute atomic E-state index is 0.279. The number of hydrogen-bond donors (Lipinski definition) is 1. The quantitative estimate of drug-likeness (QED) is 0.692. The Kier molecular flexibility index (Phi) is 4.89. The van der Waals surface area contributed by atoms with Crippen molar-refractivity contribution in [2.75, 3.05) is 11.9 Å². The van der Waals surface area contributed by atoms with Crippen LogP contribution in [0.25, 0.3) is 11.3 Å². The summed E-state index contributed by atoms with van der Waals surface area (Å²) < 4.78 is 10.2. The first-order chi connectivity index (χ1) is 12.2. The minimum atomic E-state index is -0.306. The molecular weight excluding hydrogens is 318 g/mol. The Hall–Kier alpha value is -3.41. The van der Waals surface area contributed by atoms with Crippen molar-refractivity contribution >= 4 is 11.7 Å². The molecule has 1 aromatic heterocycles. The summed E-state index contributed by atoms with van der Waals surface area (Å²) in [5, 5.41) is 10.4. The molecular formula is C19H17N3O3. The summed E-state index contributed by atoms with van der Waals surface area (Å²) in [7, 11) is 0. The monoisotopic (exact) mass is 335 g/mol. The van der Waals surface area contributed by atoms with Crippen molar-refractivity contribution in [3.63, 3.8) is 0 Å². The third-order valence-electron chi connectivity index (χ3n) is 3.53. The highest BCUT2D eigenvalue weighted by atomic mass is 16.6. The fraction of sp³-hybridized carbons (Fsp3) is 0.105. The van der Waals surface area contributed by atoms with Gasteiger partial charge in [-0.25, -0.2) is 4.63 Å². The molecule has 0 spiro atoms. The zero-order valence-electron chi connectivity index (χ0n) is 13.7. The Balaban J connectivity index is 1.74. The van der Waals surface area contributed by atoms with Crippen LogP contribution in [0.5, 0.6) is 5.75 Å². The van der Waals surface area contributed by atoms with Crippen LogP contribution in [0.1, 0.15) is 15.9 Å². The zero-order chi connectivity index (χ0) is 17.6. The predicted octanol–water partition coefficient (Wildman–Crippen LogP) is 3.86. The number of aromatic nitrogens is 2. The smallest absolute Gasteiger partial charge is 0.256 e. The lowest BCUT2D eigenvalue weighted by atomic mass is 10.1. The van der Waals surface area contributed by atoms with E-state index in [4.69, 9.17) is 9.37 Å². The Labute approximate surface area is 145 Å². The first kappa shape index (κ1) is 16.4. The van der Waals surface area contributed by atoms with Gasteiger partial charge in [-0.15, -0.1) is 0 Å². The second-order valence-electron chi connectivity index (χ2n) is 5.41. The number of carbonyl (C=O) groups is 1. The molecule has 1 heterocycles. The lowest BCUT2D eigenvalue weighted by Crippen LogP contribution is -2.12.